The maximum atomic E-state index is 9.36. The van der Waals surface area contributed by atoms with Crippen molar-refractivity contribution in [3.05, 3.63) is 47.5 Å². The Morgan fingerprint density at radius 2 is 1.69 bits per heavy atom. The molecule has 1 heteroatoms. The van der Waals surface area contributed by atoms with E-state index in [0.29, 0.717) is 5.92 Å². The first-order chi connectivity index (χ1) is 7.68. The van der Waals surface area contributed by atoms with E-state index in [2.05, 4.69) is 56.3 Å². The normalized spacial score (nSPS) is 17.6. The topological polar surface area (TPSA) is 23.8 Å². The SMILES string of the molecule is CC(C)c1ccc(C2(C#N)CC=CC2)cc1. The third kappa shape index (κ3) is 1.76. The number of rotatable bonds is 2. The molecule has 0 amide bonds. The molecule has 0 N–H and O–H groups in total. The van der Waals surface area contributed by atoms with Crippen molar-refractivity contribution in [2.75, 3.05) is 0 Å². The summed E-state index contributed by atoms with van der Waals surface area (Å²) in [5.74, 6) is 0.550. The molecular formula is C15H17N. The molecule has 0 radical (unpaired) electrons. The van der Waals surface area contributed by atoms with Crippen molar-refractivity contribution in [3.8, 4) is 6.07 Å². The zero-order valence-corrected chi connectivity index (χ0v) is 9.90. The first kappa shape index (κ1) is 11.0. The van der Waals surface area contributed by atoms with Crippen LogP contribution in [0.4, 0.5) is 0 Å². The standard InChI is InChI=1S/C15H17N/c1-12(2)13-5-7-14(8-6-13)15(11-16)9-3-4-10-15/h3-8,12H,9-10H2,1-2H3. The molecule has 1 aromatic carbocycles. The Kier molecular flexibility index (Phi) is 2.83. The minimum Gasteiger partial charge on any atom is -0.197 e. The zero-order valence-electron chi connectivity index (χ0n) is 9.90. The number of nitrogens with zero attached hydrogens (tertiary/aromatic N) is 1. The highest BCUT2D eigenvalue weighted by atomic mass is 14.4. The molecule has 0 aromatic heterocycles. The first-order valence-corrected chi connectivity index (χ1v) is 5.85. The van der Waals surface area contributed by atoms with Gasteiger partial charge in [0.05, 0.1) is 11.5 Å². The summed E-state index contributed by atoms with van der Waals surface area (Å²) in [5, 5.41) is 9.36. The fraction of sp³-hybridized carbons (Fsp3) is 0.400. The summed E-state index contributed by atoms with van der Waals surface area (Å²) in [6.45, 7) is 4.37. The van der Waals surface area contributed by atoms with Gasteiger partial charge in [-0.2, -0.15) is 5.26 Å². The molecule has 0 spiro atoms. The lowest BCUT2D eigenvalue weighted by Crippen LogP contribution is -2.19. The van der Waals surface area contributed by atoms with Crippen molar-refractivity contribution in [2.24, 2.45) is 0 Å². The van der Waals surface area contributed by atoms with Crippen LogP contribution in [0, 0.1) is 11.3 Å². The predicted octanol–water partition coefficient (Wildman–Crippen LogP) is 3.92. The smallest absolute Gasteiger partial charge is 0.0890 e. The minimum atomic E-state index is -0.296. The van der Waals surface area contributed by atoms with Crippen molar-refractivity contribution < 1.29 is 0 Å². The molecule has 1 aliphatic rings. The highest BCUT2D eigenvalue weighted by Crippen LogP contribution is 2.36. The van der Waals surface area contributed by atoms with Gasteiger partial charge in [0.15, 0.2) is 0 Å². The number of allylic oxidation sites excluding steroid dienone is 2. The highest BCUT2D eigenvalue weighted by Gasteiger charge is 2.32. The molecule has 82 valence electrons. The third-order valence-electron chi connectivity index (χ3n) is 3.44. The number of benzene rings is 1. The Hall–Kier alpha value is -1.55. The van der Waals surface area contributed by atoms with Crippen LogP contribution in [0.25, 0.3) is 0 Å². The van der Waals surface area contributed by atoms with Crippen LogP contribution >= 0.6 is 0 Å². The average Bonchev–Trinajstić information content (AvgIpc) is 2.79. The van der Waals surface area contributed by atoms with Crippen molar-refractivity contribution in [1.29, 1.82) is 5.26 Å². The van der Waals surface area contributed by atoms with Gasteiger partial charge < -0.3 is 0 Å². The zero-order chi connectivity index (χ0) is 11.6. The molecule has 2 rings (SSSR count). The quantitative estimate of drug-likeness (QED) is 0.680. The van der Waals surface area contributed by atoms with E-state index in [9.17, 15) is 5.26 Å². The largest absolute Gasteiger partial charge is 0.197 e. The van der Waals surface area contributed by atoms with E-state index in [4.69, 9.17) is 0 Å². The summed E-state index contributed by atoms with van der Waals surface area (Å²) >= 11 is 0. The fourth-order valence-corrected chi connectivity index (χ4v) is 2.23. The van der Waals surface area contributed by atoms with E-state index in [1.54, 1.807) is 0 Å². The highest BCUT2D eigenvalue weighted by molar-refractivity contribution is 5.39. The van der Waals surface area contributed by atoms with Crippen molar-refractivity contribution >= 4 is 0 Å². The van der Waals surface area contributed by atoms with Crippen LogP contribution in [0.1, 0.15) is 43.7 Å². The maximum absolute atomic E-state index is 9.36. The van der Waals surface area contributed by atoms with Gasteiger partial charge in [-0.05, 0) is 29.9 Å². The summed E-state index contributed by atoms with van der Waals surface area (Å²) in [4.78, 5) is 0. The van der Waals surface area contributed by atoms with Gasteiger partial charge >= 0.3 is 0 Å². The molecule has 0 fully saturated rings. The molecule has 0 aliphatic heterocycles. The van der Waals surface area contributed by atoms with Gasteiger partial charge in [-0.15, -0.1) is 0 Å². The van der Waals surface area contributed by atoms with Gasteiger partial charge in [0, 0.05) is 0 Å². The molecule has 1 nitrogen and oxygen atoms in total. The Morgan fingerprint density at radius 1 is 1.12 bits per heavy atom. The molecule has 1 aromatic rings. The molecule has 0 atom stereocenters. The van der Waals surface area contributed by atoms with Crippen LogP contribution in [0.2, 0.25) is 0 Å². The summed E-state index contributed by atoms with van der Waals surface area (Å²) in [6, 6.07) is 11.0. The third-order valence-corrected chi connectivity index (χ3v) is 3.44. The Bertz CT molecular complexity index is 423. The van der Waals surface area contributed by atoms with E-state index >= 15 is 0 Å². The summed E-state index contributed by atoms with van der Waals surface area (Å²) in [6.07, 6.45) is 5.92. The lowest BCUT2D eigenvalue weighted by Gasteiger charge is -2.21. The Morgan fingerprint density at radius 3 is 2.12 bits per heavy atom. The second-order valence-corrected chi connectivity index (χ2v) is 4.85. The van der Waals surface area contributed by atoms with Gasteiger partial charge in [0.2, 0.25) is 0 Å². The fourth-order valence-electron chi connectivity index (χ4n) is 2.23. The van der Waals surface area contributed by atoms with Crippen LogP contribution in [0.5, 0.6) is 0 Å². The van der Waals surface area contributed by atoms with E-state index in [-0.39, 0.29) is 5.41 Å². The maximum Gasteiger partial charge on any atom is 0.0890 e. The van der Waals surface area contributed by atoms with Crippen LogP contribution in [0.15, 0.2) is 36.4 Å². The summed E-state index contributed by atoms with van der Waals surface area (Å²) in [7, 11) is 0. The van der Waals surface area contributed by atoms with Crippen LogP contribution in [-0.4, -0.2) is 0 Å². The van der Waals surface area contributed by atoms with Gasteiger partial charge in [-0.3, -0.25) is 0 Å². The summed E-state index contributed by atoms with van der Waals surface area (Å²) < 4.78 is 0. The van der Waals surface area contributed by atoms with Crippen molar-refractivity contribution in [3.63, 3.8) is 0 Å². The lowest BCUT2D eigenvalue weighted by atomic mass is 9.79. The van der Waals surface area contributed by atoms with E-state index in [1.165, 1.54) is 5.56 Å². The molecule has 16 heavy (non-hydrogen) atoms. The molecule has 0 bridgehead atoms. The second-order valence-electron chi connectivity index (χ2n) is 4.85. The van der Waals surface area contributed by atoms with E-state index in [1.807, 2.05) is 0 Å². The summed E-state index contributed by atoms with van der Waals surface area (Å²) in [5.41, 5.74) is 2.20. The first-order valence-electron chi connectivity index (χ1n) is 5.85. The van der Waals surface area contributed by atoms with Gasteiger partial charge in [-0.25, -0.2) is 0 Å². The van der Waals surface area contributed by atoms with E-state index in [0.717, 1.165) is 18.4 Å². The van der Waals surface area contributed by atoms with Gasteiger partial charge in [0.25, 0.3) is 0 Å². The second kappa shape index (κ2) is 4.14. The number of hydrogen-bond donors (Lipinski definition) is 0. The molecular weight excluding hydrogens is 194 g/mol. The molecule has 0 saturated carbocycles. The Labute approximate surface area is 97.4 Å². The predicted molar refractivity (Wildman–Crippen MR) is 66.2 cm³/mol. The monoisotopic (exact) mass is 211 g/mol. The van der Waals surface area contributed by atoms with Crippen LogP contribution < -0.4 is 0 Å². The lowest BCUT2D eigenvalue weighted by molar-refractivity contribution is 0.596. The molecule has 1 aliphatic carbocycles. The van der Waals surface area contributed by atoms with Gasteiger partial charge in [0.1, 0.15) is 0 Å². The average molecular weight is 211 g/mol. The van der Waals surface area contributed by atoms with Crippen molar-refractivity contribution in [1.82, 2.24) is 0 Å². The Balaban J connectivity index is 2.31. The van der Waals surface area contributed by atoms with E-state index < -0.39 is 0 Å². The molecule has 0 unspecified atom stereocenters. The van der Waals surface area contributed by atoms with Crippen molar-refractivity contribution in [2.45, 2.75) is 38.0 Å². The molecule has 0 saturated heterocycles. The van der Waals surface area contributed by atoms with Gasteiger partial charge in [-0.1, -0.05) is 50.3 Å². The molecule has 0 heterocycles. The van der Waals surface area contributed by atoms with Crippen LogP contribution in [0.3, 0.4) is 0 Å². The minimum absolute atomic E-state index is 0.296. The number of hydrogen-bond acceptors (Lipinski definition) is 1. The van der Waals surface area contributed by atoms with Crippen LogP contribution in [-0.2, 0) is 5.41 Å². The number of nitriles is 1.